The Morgan fingerprint density at radius 1 is 1.50 bits per heavy atom. The van der Waals surface area contributed by atoms with Crippen LogP contribution in [0.5, 0.6) is 0 Å². The van der Waals surface area contributed by atoms with E-state index in [2.05, 4.69) is 34.4 Å². The van der Waals surface area contributed by atoms with E-state index >= 15 is 0 Å². The number of amides is 1. The molecular formula is C15H25N5O2. The van der Waals surface area contributed by atoms with Gasteiger partial charge in [-0.05, 0) is 31.6 Å². The Bertz CT molecular complexity index is 521. The quantitative estimate of drug-likeness (QED) is 0.631. The fourth-order valence-corrected chi connectivity index (χ4v) is 2.54. The second-order valence-corrected chi connectivity index (χ2v) is 6.26. The van der Waals surface area contributed by atoms with Crippen molar-refractivity contribution < 1.29 is 9.90 Å². The van der Waals surface area contributed by atoms with E-state index < -0.39 is 5.91 Å². The number of anilines is 2. The summed E-state index contributed by atoms with van der Waals surface area (Å²) in [5.41, 5.74) is 5.66. The van der Waals surface area contributed by atoms with Crippen molar-refractivity contribution in [3.8, 4) is 0 Å². The van der Waals surface area contributed by atoms with Crippen LogP contribution in [-0.4, -0.2) is 39.7 Å². The maximum absolute atomic E-state index is 11.5. The van der Waals surface area contributed by atoms with Gasteiger partial charge >= 0.3 is 0 Å². The number of aromatic nitrogens is 2. The highest BCUT2D eigenvalue weighted by Crippen LogP contribution is 2.23. The molecule has 7 heteroatoms. The molecule has 0 saturated heterocycles. The topological polar surface area (TPSA) is 113 Å². The smallest absolute Gasteiger partial charge is 0.254 e. The first-order chi connectivity index (χ1) is 10.5. The molecule has 0 radical (unpaired) electrons. The Kier molecular flexibility index (Phi) is 5.54. The Labute approximate surface area is 130 Å². The SMILES string of the molecule is CC(C)CNc1ncc(C(N)=O)c(N[C@@H]2CCC[C@H](O)C2)n1. The summed E-state index contributed by atoms with van der Waals surface area (Å²) in [5.74, 6) is 0.809. The summed E-state index contributed by atoms with van der Waals surface area (Å²) in [7, 11) is 0. The summed E-state index contributed by atoms with van der Waals surface area (Å²) in [5, 5.41) is 16.1. The molecule has 1 aliphatic carbocycles. The number of aliphatic hydroxyl groups is 1. The van der Waals surface area contributed by atoms with Gasteiger partial charge in [0.15, 0.2) is 0 Å². The maximum atomic E-state index is 11.5. The molecule has 1 amide bonds. The van der Waals surface area contributed by atoms with E-state index in [1.807, 2.05) is 0 Å². The second kappa shape index (κ2) is 7.40. The zero-order valence-electron chi connectivity index (χ0n) is 13.2. The van der Waals surface area contributed by atoms with Gasteiger partial charge in [-0.15, -0.1) is 0 Å². The number of hydrogen-bond acceptors (Lipinski definition) is 6. The fourth-order valence-electron chi connectivity index (χ4n) is 2.54. The summed E-state index contributed by atoms with van der Waals surface area (Å²) >= 11 is 0. The number of aliphatic hydroxyl groups excluding tert-OH is 1. The molecule has 2 atom stereocenters. The van der Waals surface area contributed by atoms with E-state index in [1.165, 1.54) is 6.20 Å². The number of rotatable bonds is 6. The lowest BCUT2D eigenvalue weighted by atomic mass is 9.93. The molecule has 1 saturated carbocycles. The third-order valence-electron chi connectivity index (χ3n) is 3.71. The highest BCUT2D eigenvalue weighted by Gasteiger charge is 2.22. The number of primary amides is 1. The van der Waals surface area contributed by atoms with Crippen LogP contribution in [-0.2, 0) is 0 Å². The van der Waals surface area contributed by atoms with Gasteiger partial charge in [-0.2, -0.15) is 4.98 Å². The Morgan fingerprint density at radius 3 is 2.91 bits per heavy atom. The van der Waals surface area contributed by atoms with E-state index in [1.54, 1.807) is 0 Å². The molecule has 0 spiro atoms. The fraction of sp³-hybridized carbons (Fsp3) is 0.667. The number of carbonyl (C=O) groups is 1. The lowest BCUT2D eigenvalue weighted by Gasteiger charge is -2.27. The van der Waals surface area contributed by atoms with Crippen molar-refractivity contribution in [2.45, 2.75) is 51.7 Å². The molecule has 2 rings (SSSR count). The average Bonchev–Trinajstić information content (AvgIpc) is 2.45. The minimum absolute atomic E-state index is 0.0923. The lowest BCUT2D eigenvalue weighted by molar-refractivity contribution is 0.100. The minimum atomic E-state index is -0.561. The number of carbonyl (C=O) groups excluding carboxylic acids is 1. The molecular weight excluding hydrogens is 282 g/mol. The zero-order valence-corrected chi connectivity index (χ0v) is 13.2. The van der Waals surface area contributed by atoms with E-state index in [4.69, 9.17) is 5.73 Å². The van der Waals surface area contributed by atoms with E-state index in [-0.39, 0.29) is 17.7 Å². The Hall–Kier alpha value is -1.89. The highest BCUT2D eigenvalue weighted by atomic mass is 16.3. The van der Waals surface area contributed by atoms with E-state index in [9.17, 15) is 9.90 Å². The first kappa shape index (κ1) is 16.5. The van der Waals surface area contributed by atoms with Gasteiger partial charge in [0.1, 0.15) is 5.82 Å². The molecule has 0 unspecified atom stereocenters. The van der Waals surface area contributed by atoms with Crippen LogP contribution in [0, 0.1) is 5.92 Å². The van der Waals surface area contributed by atoms with Gasteiger partial charge in [0.25, 0.3) is 5.91 Å². The van der Waals surface area contributed by atoms with Gasteiger partial charge in [-0.3, -0.25) is 4.79 Å². The van der Waals surface area contributed by atoms with Crippen molar-refractivity contribution in [1.29, 1.82) is 0 Å². The van der Waals surface area contributed by atoms with Gasteiger partial charge in [0.2, 0.25) is 5.95 Å². The molecule has 122 valence electrons. The van der Waals surface area contributed by atoms with Crippen LogP contribution >= 0.6 is 0 Å². The first-order valence-electron chi connectivity index (χ1n) is 7.81. The Balaban J connectivity index is 2.14. The predicted octanol–water partition coefficient (Wildman–Crippen LogP) is 1.36. The third kappa shape index (κ3) is 4.56. The standard InChI is InChI=1S/C15H25N5O2/c1-9(2)7-17-15-18-8-12(13(16)22)14(20-15)19-10-4-3-5-11(21)6-10/h8-11,21H,3-7H2,1-2H3,(H2,16,22)(H2,17,18,19,20)/t10-,11+/m1/s1. The first-order valence-corrected chi connectivity index (χ1v) is 7.81. The molecule has 0 bridgehead atoms. The molecule has 1 fully saturated rings. The van der Waals surface area contributed by atoms with Crippen molar-refractivity contribution in [2.75, 3.05) is 17.2 Å². The zero-order chi connectivity index (χ0) is 16.1. The van der Waals surface area contributed by atoms with Crippen LogP contribution in [0.4, 0.5) is 11.8 Å². The molecule has 0 aromatic carbocycles. The van der Waals surface area contributed by atoms with E-state index in [0.717, 1.165) is 25.8 Å². The molecule has 1 aromatic heterocycles. The van der Waals surface area contributed by atoms with Crippen molar-refractivity contribution in [3.63, 3.8) is 0 Å². The van der Waals surface area contributed by atoms with Gasteiger partial charge in [-0.25, -0.2) is 4.98 Å². The van der Waals surface area contributed by atoms with Crippen molar-refractivity contribution in [3.05, 3.63) is 11.8 Å². The number of nitrogens with zero attached hydrogens (tertiary/aromatic N) is 2. The van der Waals surface area contributed by atoms with Gasteiger partial charge in [-0.1, -0.05) is 13.8 Å². The summed E-state index contributed by atoms with van der Waals surface area (Å²) in [6.45, 7) is 4.93. The monoisotopic (exact) mass is 307 g/mol. The Morgan fingerprint density at radius 2 is 2.27 bits per heavy atom. The molecule has 1 aromatic rings. The highest BCUT2D eigenvalue weighted by molar-refractivity contribution is 5.97. The summed E-state index contributed by atoms with van der Waals surface area (Å²) in [6, 6.07) is 0.0923. The largest absolute Gasteiger partial charge is 0.393 e. The van der Waals surface area contributed by atoms with E-state index in [0.29, 0.717) is 24.1 Å². The van der Waals surface area contributed by atoms with Crippen LogP contribution in [0.2, 0.25) is 0 Å². The van der Waals surface area contributed by atoms with Crippen molar-refractivity contribution >= 4 is 17.7 Å². The minimum Gasteiger partial charge on any atom is -0.393 e. The van der Waals surface area contributed by atoms with Gasteiger partial charge in [0.05, 0.1) is 11.7 Å². The van der Waals surface area contributed by atoms with Crippen LogP contribution in [0.3, 0.4) is 0 Å². The second-order valence-electron chi connectivity index (χ2n) is 6.26. The molecule has 0 aliphatic heterocycles. The van der Waals surface area contributed by atoms with Crippen LogP contribution in [0.15, 0.2) is 6.20 Å². The summed E-state index contributed by atoms with van der Waals surface area (Å²) < 4.78 is 0. The van der Waals surface area contributed by atoms with Crippen LogP contribution < -0.4 is 16.4 Å². The predicted molar refractivity (Wildman–Crippen MR) is 85.8 cm³/mol. The normalized spacial score (nSPS) is 21.6. The third-order valence-corrected chi connectivity index (χ3v) is 3.71. The molecule has 1 aliphatic rings. The summed E-state index contributed by atoms with van der Waals surface area (Å²) in [6.07, 6.45) is 4.51. The number of nitrogens with one attached hydrogen (secondary N) is 2. The molecule has 22 heavy (non-hydrogen) atoms. The lowest BCUT2D eigenvalue weighted by Crippen LogP contribution is -2.31. The summed E-state index contributed by atoms with van der Waals surface area (Å²) in [4.78, 5) is 20.0. The van der Waals surface area contributed by atoms with Gasteiger partial charge in [0, 0.05) is 18.8 Å². The van der Waals surface area contributed by atoms with Gasteiger partial charge < -0.3 is 21.5 Å². The number of nitrogens with two attached hydrogens (primary N) is 1. The average molecular weight is 307 g/mol. The molecule has 7 nitrogen and oxygen atoms in total. The van der Waals surface area contributed by atoms with Crippen molar-refractivity contribution in [2.24, 2.45) is 11.7 Å². The molecule has 5 N–H and O–H groups in total. The molecule has 1 heterocycles. The maximum Gasteiger partial charge on any atom is 0.254 e. The van der Waals surface area contributed by atoms with Crippen molar-refractivity contribution in [1.82, 2.24) is 9.97 Å². The van der Waals surface area contributed by atoms with Crippen LogP contribution in [0.1, 0.15) is 49.9 Å². The van der Waals surface area contributed by atoms with Crippen LogP contribution in [0.25, 0.3) is 0 Å². The number of hydrogen-bond donors (Lipinski definition) is 4.